The molecule has 1 aromatic carbocycles. The summed E-state index contributed by atoms with van der Waals surface area (Å²) >= 11 is 0. The summed E-state index contributed by atoms with van der Waals surface area (Å²) in [7, 11) is 0. The lowest BCUT2D eigenvalue weighted by atomic mass is 10.1. The Balaban J connectivity index is 1.85. The number of nitro groups is 1. The fourth-order valence-electron chi connectivity index (χ4n) is 2.62. The van der Waals surface area contributed by atoms with Gasteiger partial charge in [0.1, 0.15) is 6.33 Å². The Morgan fingerprint density at radius 3 is 2.38 bits per heavy atom. The number of nitrogens with zero attached hydrogens (tertiary/aromatic N) is 3. The summed E-state index contributed by atoms with van der Waals surface area (Å²) in [4.78, 5) is 18.4. The first kappa shape index (κ1) is 13.3. The molecule has 0 unspecified atom stereocenters. The van der Waals surface area contributed by atoms with Crippen LogP contribution in [-0.4, -0.2) is 20.9 Å². The average Bonchev–Trinajstić information content (AvgIpc) is 2.88. The minimum atomic E-state index is -0.542. The van der Waals surface area contributed by atoms with Crippen LogP contribution in [0.5, 0.6) is 0 Å². The molecule has 3 rings (SSSR count). The largest absolute Gasteiger partial charge is 0.361 e. The number of hydrogen-bond donors (Lipinski definition) is 3. The van der Waals surface area contributed by atoms with Gasteiger partial charge in [-0.1, -0.05) is 24.3 Å². The van der Waals surface area contributed by atoms with Crippen molar-refractivity contribution < 1.29 is 4.92 Å². The van der Waals surface area contributed by atoms with E-state index in [1.807, 2.05) is 12.1 Å². The van der Waals surface area contributed by atoms with Crippen LogP contribution in [0.15, 0.2) is 30.6 Å². The third-order valence-electron chi connectivity index (χ3n) is 3.53. The molecule has 0 bridgehead atoms. The summed E-state index contributed by atoms with van der Waals surface area (Å²) in [5.74, 6) is 5.44. The highest BCUT2D eigenvalue weighted by molar-refractivity contribution is 5.69. The molecule has 2 aromatic rings. The van der Waals surface area contributed by atoms with Crippen LogP contribution in [0.3, 0.4) is 0 Å². The Kier molecular flexibility index (Phi) is 3.36. The second-order valence-electron chi connectivity index (χ2n) is 4.84. The fourth-order valence-corrected chi connectivity index (χ4v) is 2.62. The van der Waals surface area contributed by atoms with E-state index < -0.39 is 4.92 Å². The molecule has 0 saturated heterocycles. The summed E-state index contributed by atoms with van der Waals surface area (Å²) in [5, 5.41) is 14.3. The van der Waals surface area contributed by atoms with Crippen LogP contribution in [-0.2, 0) is 12.8 Å². The standard InChI is InChI=1S/C13H14N6O2/c14-18-13-11(19(20)21)12(15-7-16-13)17-10-5-8-3-1-2-4-9(8)6-10/h1-4,7,10H,5-6,14H2,(H2,15,16,17,18). The van der Waals surface area contributed by atoms with Gasteiger partial charge in [-0.15, -0.1) is 0 Å². The molecule has 8 heteroatoms. The Morgan fingerprint density at radius 2 is 1.81 bits per heavy atom. The van der Waals surface area contributed by atoms with Gasteiger partial charge in [-0.05, 0) is 24.0 Å². The van der Waals surface area contributed by atoms with Crippen molar-refractivity contribution in [2.24, 2.45) is 5.84 Å². The fraction of sp³-hybridized carbons (Fsp3) is 0.231. The quantitative estimate of drug-likeness (QED) is 0.439. The SMILES string of the molecule is NNc1ncnc(NC2Cc3ccccc3C2)c1[N+](=O)[O-]. The number of nitrogens with one attached hydrogen (secondary N) is 2. The molecule has 1 heterocycles. The van der Waals surface area contributed by atoms with Gasteiger partial charge in [-0.2, -0.15) is 0 Å². The molecule has 21 heavy (non-hydrogen) atoms. The number of hydrogen-bond acceptors (Lipinski definition) is 7. The Labute approximate surface area is 120 Å². The van der Waals surface area contributed by atoms with Crippen molar-refractivity contribution in [3.8, 4) is 0 Å². The van der Waals surface area contributed by atoms with Gasteiger partial charge in [0.15, 0.2) is 0 Å². The number of nitrogens with two attached hydrogens (primary N) is 1. The highest BCUT2D eigenvalue weighted by Gasteiger charge is 2.27. The highest BCUT2D eigenvalue weighted by Crippen LogP contribution is 2.31. The van der Waals surface area contributed by atoms with Crippen LogP contribution in [0.2, 0.25) is 0 Å². The first-order valence-corrected chi connectivity index (χ1v) is 6.48. The Bertz CT molecular complexity index is 665. The molecule has 108 valence electrons. The minimum absolute atomic E-state index is 0.00647. The van der Waals surface area contributed by atoms with Gasteiger partial charge in [0, 0.05) is 6.04 Å². The minimum Gasteiger partial charge on any atom is -0.361 e. The Hall–Kier alpha value is -2.74. The van der Waals surface area contributed by atoms with Gasteiger partial charge in [0.25, 0.3) is 0 Å². The molecule has 0 atom stereocenters. The van der Waals surface area contributed by atoms with Crippen molar-refractivity contribution in [1.82, 2.24) is 9.97 Å². The van der Waals surface area contributed by atoms with Gasteiger partial charge >= 0.3 is 5.69 Å². The van der Waals surface area contributed by atoms with Crippen molar-refractivity contribution in [3.63, 3.8) is 0 Å². The van der Waals surface area contributed by atoms with E-state index in [1.165, 1.54) is 17.5 Å². The average molecular weight is 286 g/mol. The lowest BCUT2D eigenvalue weighted by Gasteiger charge is -2.13. The molecule has 0 amide bonds. The number of aromatic nitrogens is 2. The van der Waals surface area contributed by atoms with Crippen molar-refractivity contribution >= 4 is 17.3 Å². The van der Waals surface area contributed by atoms with Crippen LogP contribution in [0.1, 0.15) is 11.1 Å². The predicted octanol–water partition coefficient (Wildman–Crippen LogP) is 1.25. The van der Waals surface area contributed by atoms with E-state index in [-0.39, 0.29) is 23.4 Å². The van der Waals surface area contributed by atoms with Crippen LogP contribution < -0.4 is 16.6 Å². The van der Waals surface area contributed by atoms with E-state index in [4.69, 9.17) is 5.84 Å². The van der Waals surface area contributed by atoms with Gasteiger partial charge in [-0.25, -0.2) is 15.8 Å². The molecule has 0 fully saturated rings. The molecule has 1 aromatic heterocycles. The molecule has 0 radical (unpaired) electrons. The smallest absolute Gasteiger partial charge is 0.354 e. The normalized spacial score (nSPS) is 13.8. The summed E-state index contributed by atoms with van der Waals surface area (Å²) < 4.78 is 0. The lowest BCUT2D eigenvalue weighted by molar-refractivity contribution is -0.383. The number of nitrogen functional groups attached to an aromatic ring is 1. The van der Waals surface area contributed by atoms with E-state index in [2.05, 4.69) is 32.8 Å². The molecule has 1 aliphatic carbocycles. The monoisotopic (exact) mass is 286 g/mol. The third kappa shape index (κ3) is 2.48. The second kappa shape index (κ2) is 5.33. The van der Waals surface area contributed by atoms with Crippen molar-refractivity contribution in [2.75, 3.05) is 10.7 Å². The Morgan fingerprint density at radius 1 is 1.19 bits per heavy atom. The topological polar surface area (TPSA) is 119 Å². The number of benzene rings is 1. The van der Waals surface area contributed by atoms with Crippen LogP contribution in [0.4, 0.5) is 17.3 Å². The third-order valence-corrected chi connectivity index (χ3v) is 3.53. The summed E-state index contributed by atoms with van der Waals surface area (Å²) in [6.07, 6.45) is 2.86. The zero-order chi connectivity index (χ0) is 14.8. The van der Waals surface area contributed by atoms with Gasteiger partial charge in [0.05, 0.1) is 4.92 Å². The predicted molar refractivity (Wildman–Crippen MR) is 77.8 cm³/mol. The molecule has 4 N–H and O–H groups in total. The first-order chi connectivity index (χ1) is 10.2. The highest BCUT2D eigenvalue weighted by atomic mass is 16.6. The molecular weight excluding hydrogens is 272 g/mol. The van der Waals surface area contributed by atoms with Crippen molar-refractivity contribution in [1.29, 1.82) is 0 Å². The lowest BCUT2D eigenvalue weighted by Crippen LogP contribution is -2.22. The molecule has 8 nitrogen and oxygen atoms in total. The number of fused-ring (bicyclic) bond motifs is 1. The molecule has 0 aliphatic heterocycles. The summed E-state index contributed by atoms with van der Waals surface area (Å²) in [5.41, 5.74) is 4.49. The van der Waals surface area contributed by atoms with Gasteiger partial charge < -0.3 is 10.7 Å². The number of rotatable bonds is 4. The molecule has 0 spiro atoms. The van der Waals surface area contributed by atoms with Crippen LogP contribution in [0.25, 0.3) is 0 Å². The zero-order valence-electron chi connectivity index (χ0n) is 11.1. The van der Waals surface area contributed by atoms with Gasteiger partial charge in [-0.3, -0.25) is 10.1 Å². The summed E-state index contributed by atoms with van der Waals surface area (Å²) in [6, 6.07) is 8.19. The molecule has 0 saturated carbocycles. The van der Waals surface area contributed by atoms with Crippen LogP contribution >= 0.6 is 0 Å². The van der Waals surface area contributed by atoms with Crippen LogP contribution in [0, 0.1) is 10.1 Å². The maximum atomic E-state index is 11.2. The molecule has 1 aliphatic rings. The summed E-state index contributed by atoms with van der Waals surface area (Å²) in [6.45, 7) is 0. The van der Waals surface area contributed by atoms with E-state index in [0.29, 0.717) is 0 Å². The number of anilines is 2. The van der Waals surface area contributed by atoms with E-state index in [1.54, 1.807) is 0 Å². The molecular formula is C13H14N6O2. The van der Waals surface area contributed by atoms with Gasteiger partial charge in [0.2, 0.25) is 11.6 Å². The maximum Gasteiger partial charge on any atom is 0.354 e. The first-order valence-electron chi connectivity index (χ1n) is 6.48. The van der Waals surface area contributed by atoms with Crippen molar-refractivity contribution in [2.45, 2.75) is 18.9 Å². The zero-order valence-corrected chi connectivity index (χ0v) is 11.1. The number of hydrazine groups is 1. The van der Waals surface area contributed by atoms with Crippen molar-refractivity contribution in [3.05, 3.63) is 51.8 Å². The van der Waals surface area contributed by atoms with E-state index >= 15 is 0 Å². The van der Waals surface area contributed by atoms with E-state index in [9.17, 15) is 10.1 Å². The van der Waals surface area contributed by atoms with E-state index in [0.717, 1.165) is 12.8 Å². The maximum absolute atomic E-state index is 11.2. The second-order valence-corrected chi connectivity index (χ2v) is 4.84.